The van der Waals surface area contributed by atoms with Gasteiger partial charge >= 0.3 is 0 Å². The van der Waals surface area contributed by atoms with E-state index in [9.17, 15) is 4.79 Å². The molecule has 1 atom stereocenters. The fourth-order valence-corrected chi connectivity index (χ4v) is 2.77. The molecule has 0 radical (unpaired) electrons. The molecule has 1 unspecified atom stereocenters. The first-order valence-electron chi connectivity index (χ1n) is 6.11. The normalized spacial score (nSPS) is 21.6. The first-order valence-corrected chi connectivity index (χ1v) is 6.90. The van der Waals surface area contributed by atoms with E-state index in [1.165, 1.54) is 0 Å². The Labute approximate surface area is 111 Å². The van der Waals surface area contributed by atoms with Crippen LogP contribution in [0.15, 0.2) is 4.47 Å². The second-order valence-corrected chi connectivity index (χ2v) is 6.34. The third-order valence-electron chi connectivity index (χ3n) is 3.70. The number of carbonyl (C=O) groups is 1. The lowest BCUT2D eigenvalue weighted by Gasteiger charge is -2.06. The van der Waals surface area contributed by atoms with E-state index >= 15 is 0 Å². The lowest BCUT2D eigenvalue weighted by molar-refractivity contribution is -0.120. The van der Waals surface area contributed by atoms with Gasteiger partial charge in [-0.15, -0.1) is 0 Å². The van der Waals surface area contributed by atoms with Gasteiger partial charge in [0.1, 0.15) is 5.78 Å². The van der Waals surface area contributed by atoms with Crippen molar-refractivity contribution in [2.75, 3.05) is 0 Å². The van der Waals surface area contributed by atoms with Crippen molar-refractivity contribution in [1.29, 1.82) is 0 Å². The molecule has 1 aromatic rings. The molecule has 0 saturated heterocycles. The van der Waals surface area contributed by atoms with Crippen LogP contribution in [0.25, 0.3) is 0 Å². The number of Topliss-reactive ketones (excluding diaryl/α,β-unsaturated/α-hetero) is 1. The highest BCUT2D eigenvalue weighted by atomic mass is 79.9. The summed E-state index contributed by atoms with van der Waals surface area (Å²) in [5, 5.41) is 4.42. The minimum absolute atomic E-state index is 0.218. The lowest BCUT2D eigenvalue weighted by Crippen LogP contribution is -2.13. The highest BCUT2D eigenvalue weighted by Crippen LogP contribution is 2.52. The Morgan fingerprint density at radius 1 is 1.59 bits per heavy atom. The smallest absolute Gasteiger partial charge is 0.142 e. The monoisotopic (exact) mass is 298 g/mol. The maximum Gasteiger partial charge on any atom is 0.142 e. The zero-order valence-corrected chi connectivity index (χ0v) is 12.5. The summed E-state index contributed by atoms with van der Waals surface area (Å²) >= 11 is 3.53. The van der Waals surface area contributed by atoms with Crippen molar-refractivity contribution in [1.82, 2.24) is 9.78 Å². The van der Waals surface area contributed by atoms with Crippen LogP contribution in [0.2, 0.25) is 0 Å². The molecule has 2 rings (SSSR count). The molecule has 1 aliphatic carbocycles. The van der Waals surface area contributed by atoms with Gasteiger partial charge in [0.2, 0.25) is 0 Å². The largest absolute Gasteiger partial charge is 0.299 e. The Morgan fingerprint density at radius 2 is 2.18 bits per heavy atom. The van der Waals surface area contributed by atoms with E-state index in [1.807, 2.05) is 18.5 Å². The number of rotatable bonds is 4. The molecule has 1 fully saturated rings. The molecule has 0 aromatic carbocycles. The van der Waals surface area contributed by atoms with Crippen LogP contribution >= 0.6 is 15.9 Å². The van der Waals surface area contributed by atoms with Crippen LogP contribution in [0.1, 0.15) is 38.6 Å². The lowest BCUT2D eigenvalue weighted by atomic mass is 10.0. The number of aromatic nitrogens is 2. The maximum atomic E-state index is 12.2. The van der Waals surface area contributed by atoms with Gasteiger partial charge in [0.05, 0.1) is 15.9 Å². The van der Waals surface area contributed by atoms with Gasteiger partial charge in [-0.3, -0.25) is 9.48 Å². The predicted molar refractivity (Wildman–Crippen MR) is 70.9 cm³/mol. The van der Waals surface area contributed by atoms with Gasteiger partial charge in [0, 0.05) is 18.9 Å². The molecule has 1 aromatic heterocycles. The van der Waals surface area contributed by atoms with E-state index in [0.717, 1.165) is 28.8 Å². The van der Waals surface area contributed by atoms with E-state index in [0.29, 0.717) is 12.2 Å². The first kappa shape index (κ1) is 12.8. The molecule has 0 N–H and O–H groups in total. The minimum Gasteiger partial charge on any atom is -0.299 e. The first-order chi connectivity index (χ1) is 7.86. The van der Waals surface area contributed by atoms with Gasteiger partial charge in [0.25, 0.3) is 0 Å². The number of hydrogen-bond donors (Lipinski definition) is 0. The van der Waals surface area contributed by atoms with Crippen molar-refractivity contribution >= 4 is 21.7 Å². The zero-order valence-electron chi connectivity index (χ0n) is 10.9. The van der Waals surface area contributed by atoms with Crippen LogP contribution in [-0.2, 0) is 17.8 Å². The third kappa shape index (κ3) is 2.32. The molecule has 0 aliphatic heterocycles. The molecule has 0 spiro atoms. The van der Waals surface area contributed by atoms with Gasteiger partial charge in [-0.1, -0.05) is 13.8 Å². The Balaban J connectivity index is 2.16. The minimum atomic E-state index is 0.218. The highest BCUT2D eigenvalue weighted by molar-refractivity contribution is 9.10. The van der Waals surface area contributed by atoms with Crippen LogP contribution in [-0.4, -0.2) is 15.6 Å². The van der Waals surface area contributed by atoms with Crippen molar-refractivity contribution in [3.8, 4) is 0 Å². The van der Waals surface area contributed by atoms with Crippen LogP contribution < -0.4 is 0 Å². The Kier molecular flexibility index (Phi) is 3.19. The third-order valence-corrected chi connectivity index (χ3v) is 4.73. The fourth-order valence-electron chi connectivity index (χ4n) is 2.34. The Bertz CT molecular complexity index is 462. The molecular formula is C13H19BrN2O. The van der Waals surface area contributed by atoms with Crippen LogP contribution in [0, 0.1) is 18.3 Å². The van der Waals surface area contributed by atoms with Crippen molar-refractivity contribution in [2.24, 2.45) is 11.3 Å². The number of nitrogens with zero attached hydrogens (tertiary/aromatic N) is 2. The molecule has 3 nitrogen and oxygen atoms in total. The van der Waals surface area contributed by atoms with Crippen LogP contribution in [0.5, 0.6) is 0 Å². The molecule has 0 bridgehead atoms. The quantitative estimate of drug-likeness (QED) is 0.856. The second-order valence-electron chi connectivity index (χ2n) is 5.55. The van der Waals surface area contributed by atoms with Gasteiger partial charge < -0.3 is 0 Å². The zero-order chi connectivity index (χ0) is 12.8. The second kappa shape index (κ2) is 4.23. The Hall–Kier alpha value is -0.640. The van der Waals surface area contributed by atoms with Crippen LogP contribution in [0.3, 0.4) is 0 Å². The van der Waals surface area contributed by atoms with E-state index in [1.54, 1.807) is 0 Å². The molecule has 1 aliphatic rings. The maximum absolute atomic E-state index is 12.2. The van der Waals surface area contributed by atoms with Gasteiger partial charge in [-0.05, 0) is 41.6 Å². The molecule has 1 saturated carbocycles. The SMILES string of the molecule is CCn1nc(C)c(Br)c1CC(=O)C1CC1(C)C. The van der Waals surface area contributed by atoms with Gasteiger partial charge in [0.15, 0.2) is 0 Å². The topological polar surface area (TPSA) is 34.9 Å². The summed E-state index contributed by atoms with van der Waals surface area (Å²) < 4.78 is 2.92. The van der Waals surface area contributed by atoms with Crippen molar-refractivity contribution < 1.29 is 4.79 Å². The number of aryl methyl sites for hydroxylation is 2. The molecule has 4 heteroatoms. The fraction of sp³-hybridized carbons (Fsp3) is 0.692. The number of hydrogen-bond acceptors (Lipinski definition) is 2. The highest BCUT2D eigenvalue weighted by Gasteiger charge is 2.50. The van der Waals surface area contributed by atoms with Crippen molar-refractivity contribution in [2.45, 2.75) is 47.1 Å². The Morgan fingerprint density at radius 3 is 2.65 bits per heavy atom. The van der Waals surface area contributed by atoms with E-state index in [-0.39, 0.29) is 11.3 Å². The summed E-state index contributed by atoms with van der Waals surface area (Å²) in [5.74, 6) is 0.597. The summed E-state index contributed by atoms with van der Waals surface area (Å²) in [6, 6.07) is 0. The van der Waals surface area contributed by atoms with E-state index in [4.69, 9.17) is 0 Å². The number of halogens is 1. The average molecular weight is 299 g/mol. The number of carbonyl (C=O) groups excluding carboxylic acids is 1. The van der Waals surface area contributed by atoms with Crippen molar-refractivity contribution in [3.05, 3.63) is 15.9 Å². The molecular weight excluding hydrogens is 280 g/mol. The predicted octanol–water partition coefficient (Wildman–Crippen LogP) is 3.13. The summed E-state index contributed by atoms with van der Waals surface area (Å²) in [7, 11) is 0. The van der Waals surface area contributed by atoms with E-state index in [2.05, 4.69) is 34.9 Å². The molecule has 94 valence electrons. The summed E-state index contributed by atoms with van der Waals surface area (Å²) in [6.45, 7) is 9.14. The molecule has 0 amide bonds. The van der Waals surface area contributed by atoms with E-state index < -0.39 is 0 Å². The summed E-state index contributed by atoms with van der Waals surface area (Å²) in [6.07, 6.45) is 1.53. The summed E-state index contributed by atoms with van der Waals surface area (Å²) in [5.41, 5.74) is 2.21. The summed E-state index contributed by atoms with van der Waals surface area (Å²) in [4.78, 5) is 12.2. The number of ketones is 1. The van der Waals surface area contributed by atoms with Gasteiger partial charge in [-0.2, -0.15) is 5.10 Å². The average Bonchev–Trinajstić information content (AvgIpc) is 2.82. The molecule has 17 heavy (non-hydrogen) atoms. The molecule has 1 heterocycles. The standard InChI is InChI=1S/C13H19BrN2O/c1-5-16-10(12(14)8(2)15-16)6-11(17)9-7-13(9,3)4/h9H,5-7H2,1-4H3. The van der Waals surface area contributed by atoms with Gasteiger partial charge in [-0.25, -0.2) is 0 Å². The van der Waals surface area contributed by atoms with Crippen molar-refractivity contribution in [3.63, 3.8) is 0 Å². The van der Waals surface area contributed by atoms with Crippen LogP contribution in [0.4, 0.5) is 0 Å².